The van der Waals surface area contributed by atoms with Crippen LogP contribution in [0.15, 0.2) is 105 Å². The lowest BCUT2D eigenvalue weighted by Crippen LogP contribution is -2.15. The molecule has 0 radical (unpaired) electrons. The maximum absolute atomic E-state index is 11.4. The van der Waals surface area contributed by atoms with Crippen molar-refractivity contribution in [3.63, 3.8) is 0 Å². The molecule has 0 heterocycles. The molecular formula is C58H112N4O2S. The molecule has 0 saturated heterocycles. The molecule has 2 atom stereocenters. The van der Waals surface area contributed by atoms with Crippen LogP contribution in [0.25, 0.3) is 0 Å². The second-order valence-electron chi connectivity index (χ2n) is 14.0. The molecule has 0 fully saturated rings. The molecule has 2 N–H and O–H groups in total. The fourth-order valence-electron chi connectivity index (χ4n) is 4.11. The molecule has 3 aromatic rings. The quantitative estimate of drug-likeness (QED) is 0.0712. The minimum atomic E-state index is -1.55. The number of benzene rings is 3. The maximum atomic E-state index is 11.4. The standard InChI is InChI=1S/C14H19N3.C13H13NO2S.C7H16.C6H14.C4H10.2C3H8.4C2H6/c1-10(2)14(12(4)15-5)17-16-13-9-7-6-8-11(13)3;1-10-7-8-12(13(9-10)17(14)15)16-11-5-3-2-4-6-11;1-3-5-7-6-4-2;1-3-5-6-4-2;1-3-4-2;2*1-3-2;4*1-2/h6-9,14H,1H2,2-5H3;2-9H,14H2,1H3;3-7H2,1-2H3;3-6H2,1-2H3;3-4H2,1-2H3;2*3H2,1-2H3;4*1-2H3. The normalized spacial score (nSPS) is 10.1. The number of para-hydroxylation sites is 1. The molecule has 0 aromatic heterocycles. The smallest absolute Gasteiger partial charge is 0.144 e. The first-order valence-corrected chi connectivity index (χ1v) is 27.1. The molecule has 0 bridgehead atoms. The second-order valence-corrected chi connectivity index (χ2v) is 15.0. The predicted molar refractivity (Wildman–Crippen MR) is 304 cm³/mol. The number of unbranched alkanes of at least 4 members (excludes halogenated alkanes) is 8. The van der Waals surface area contributed by atoms with E-state index in [4.69, 9.17) is 9.88 Å². The third kappa shape index (κ3) is 58.6. The predicted octanol–water partition coefficient (Wildman–Crippen LogP) is 21.2. The van der Waals surface area contributed by atoms with Gasteiger partial charge < -0.3 is 4.74 Å². The lowest BCUT2D eigenvalue weighted by Gasteiger charge is -2.10. The zero-order valence-electron chi connectivity index (χ0n) is 47.5. The van der Waals surface area contributed by atoms with Gasteiger partial charge in [-0.3, -0.25) is 4.99 Å². The van der Waals surface area contributed by atoms with Crippen LogP contribution in [0.3, 0.4) is 0 Å². The van der Waals surface area contributed by atoms with Crippen molar-refractivity contribution >= 4 is 22.4 Å². The number of ether oxygens (including phenoxy) is 1. The SMILES string of the molecule is C=C(C)C(N=Nc1ccccc1C)C(C)=NC.CC.CC.CC.CC.CCC.CCC.CCCC.CCCCCC.CCCCCCC.Cc1ccc(Oc2ccccc2)c(S(N)=O)c1. The van der Waals surface area contributed by atoms with Crippen molar-refractivity contribution in [3.05, 3.63) is 96.1 Å². The van der Waals surface area contributed by atoms with E-state index >= 15 is 0 Å². The molecule has 2 unspecified atom stereocenters. The van der Waals surface area contributed by atoms with E-state index in [1.54, 1.807) is 19.2 Å². The van der Waals surface area contributed by atoms with Crippen LogP contribution in [-0.4, -0.2) is 23.0 Å². The first-order valence-electron chi connectivity index (χ1n) is 25.8. The van der Waals surface area contributed by atoms with Crippen molar-refractivity contribution in [3.8, 4) is 11.5 Å². The number of hydrogen-bond acceptors (Lipinski definition) is 5. The van der Waals surface area contributed by atoms with Crippen LogP contribution in [-0.2, 0) is 11.0 Å². The summed E-state index contributed by atoms with van der Waals surface area (Å²) in [5.41, 5.74) is 4.88. The largest absolute Gasteiger partial charge is 0.456 e. The third-order valence-electron chi connectivity index (χ3n) is 7.56. The number of aliphatic imine (C=N–C) groups is 1. The van der Waals surface area contributed by atoms with Crippen LogP contribution in [0, 0.1) is 13.8 Å². The summed E-state index contributed by atoms with van der Waals surface area (Å²) in [4.78, 5) is 4.66. The van der Waals surface area contributed by atoms with E-state index < -0.39 is 11.0 Å². The summed E-state index contributed by atoms with van der Waals surface area (Å²) >= 11 is 0. The van der Waals surface area contributed by atoms with Gasteiger partial charge in [0.25, 0.3) is 0 Å². The molecule has 382 valence electrons. The Hall–Kier alpha value is -3.42. The van der Waals surface area contributed by atoms with Crippen LogP contribution in [0.4, 0.5) is 5.69 Å². The Morgan fingerprint density at radius 1 is 0.615 bits per heavy atom. The third-order valence-corrected chi connectivity index (χ3v) is 8.32. The topological polar surface area (TPSA) is 89.4 Å². The molecule has 3 aromatic carbocycles. The van der Waals surface area contributed by atoms with Crippen LogP contribution in [0.5, 0.6) is 11.5 Å². The molecule has 0 spiro atoms. The second kappa shape index (κ2) is 69.6. The van der Waals surface area contributed by atoms with E-state index in [0.29, 0.717) is 16.4 Å². The summed E-state index contributed by atoms with van der Waals surface area (Å²) in [7, 11) is 0.209. The van der Waals surface area contributed by atoms with Gasteiger partial charge >= 0.3 is 0 Å². The van der Waals surface area contributed by atoms with Gasteiger partial charge in [0.2, 0.25) is 0 Å². The van der Waals surface area contributed by atoms with Crippen molar-refractivity contribution < 1.29 is 8.95 Å². The Kier molecular flexibility index (Phi) is 84.3. The Labute approximate surface area is 411 Å². The lowest BCUT2D eigenvalue weighted by atomic mass is 10.1. The summed E-state index contributed by atoms with van der Waals surface area (Å²) in [5.74, 6) is 1.23. The molecule has 6 nitrogen and oxygen atoms in total. The average molecular weight is 930 g/mol. The minimum Gasteiger partial charge on any atom is -0.456 e. The van der Waals surface area contributed by atoms with E-state index in [1.165, 1.54) is 83.5 Å². The van der Waals surface area contributed by atoms with Crippen molar-refractivity contribution in [1.29, 1.82) is 0 Å². The zero-order valence-corrected chi connectivity index (χ0v) is 48.4. The van der Waals surface area contributed by atoms with E-state index in [0.717, 1.165) is 28.1 Å². The number of rotatable bonds is 15. The van der Waals surface area contributed by atoms with Crippen LogP contribution < -0.4 is 9.88 Å². The van der Waals surface area contributed by atoms with Gasteiger partial charge in [0.15, 0.2) is 0 Å². The molecule has 7 heteroatoms. The summed E-state index contributed by atoms with van der Waals surface area (Å²) in [6, 6.07) is 22.6. The number of aryl methyl sites for hydroxylation is 2. The van der Waals surface area contributed by atoms with Crippen molar-refractivity contribution in [2.24, 2.45) is 20.4 Å². The van der Waals surface area contributed by atoms with E-state index in [2.05, 4.69) is 91.0 Å². The average Bonchev–Trinajstić information content (AvgIpc) is 3.33. The maximum Gasteiger partial charge on any atom is 0.144 e. The molecule has 0 aliphatic carbocycles. The molecule has 3 rings (SSSR count). The summed E-state index contributed by atoms with van der Waals surface area (Å²) < 4.78 is 17.1. The molecule has 0 saturated carbocycles. The van der Waals surface area contributed by atoms with Crippen LogP contribution >= 0.6 is 0 Å². The van der Waals surface area contributed by atoms with Crippen molar-refractivity contribution in [1.82, 2.24) is 0 Å². The molecule has 0 aliphatic rings. The zero-order chi connectivity index (χ0) is 52.3. The highest BCUT2D eigenvalue weighted by Crippen LogP contribution is 2.27. The lowest BCUT2D eigenvalue weighted by molar-refractivity contribution is 0.469. The number of nitrogens with zero attached hydrogens (tertiary/aromatic N) is 3. The highest BCUT2D eigenvalue weighted by Gasteiger charge is 2.11. The van der Waals surface area contributed by atoms with Gasteiger partial charge in [0.05, 0.1) is 10.6 Å². The minimum absolute atomic E-state index is 0.125. The Morgan fingerprint density at radius 2 is 1.02 bits per heavy atom. The summed E-state index contributed by atoms with van der Waals surface area (Å²) in [5, 5.41) is 14.0. The highest BCUT2D eigenvalue weighted by molar-refractivity contribution is 7.82. The molecule has 0 amide bonds. The molecular weight excluding hydrogens is 817 g/mol. The number of azo groups is 1. The van der Waals surface area contributed by atoms with Gasteiger partial charge in [-0.1, -0.05) is 257 Å². The summed E-state index contributed by atoms with van der Waals surface area (Å²) in [6.45, 7) is 49.6. The van der Waals surface area contributed by atoms with E-state index in [1.807, 2.05) is 144 Å². The fraction of sp³-hybridized carbons (Fsp3) is 0.638. The van der Waals surface area contributed by atoms with Gasteiger partial charge in [-0.2, -0.15) is 10.2 Å². The van der Waals surface area contributed by atoms with Crippen molar-refractivity contribution in [2.75, 3.05) is 7.05 Å². The fourth-order valence-corrected chi connectivity index (χ4v) is 4.72. The Balaban J connectivity index is -0.000000104. The first kappa shape index (κ1) is 78.7. The Morgan fingerprint density at radius 3 is 1.37 bits per heavy atom. The Bertz CT molecular complexity index is 1400. The highest BCUT2D eigenvalue weighted by atomic mass is 32.2. The van der Waals surface area contributed by atoms with Gasteiger partial charge in [-0.15, -0.1) is 0 Å². The van der Waals surface area contributed by atoms with Crippen LogP contribution in [0.2, 0.25) is 0 Å². The monoisotopic (exact) mass is 929 g/mol. The summed E-state index contributed by atoms with van der Waals surface area (Å²) in [6.07, 6.45) is 17.7. The number of hydrogen-bond donors (Lipinski definition) is 1. The van der Waals surface area contributed by atoms with Gasteiger partial charge in [0.1, 0.15) is 28.5 Å². The van der Waals surface area contributed by atoms with Gasteiger partial charge in [0, 0.05) is 12.8 Å². The van der Waals surface area contributed by atoms with Crippen molar-refractivity contribution in [2.45, 2.75) is 247 Å². The first-order chi connectivity index (χ1) is 31.3. The van der Waals surface area contributed by atoms with E-state index in [9.17, 15) is 4.21 Å². The van der Waals surface area contributed by atoms with E-state index in [-0.39, 0.29) is 6.04 Å². The number of nitrogens with two attached hydrogens (primary N) is 1. The van der Waals surface area contributed by atoms with Gasteiger partial charge in [-0.05, 0) is 74.7 Å². The van der Waals surface area contributed by atoms with Crippen LogP contribution in [0.1, 0.15) is 233 Å². The molecule has 65 heavy (non-hydrogen) atoms. The van der Waals surface area contributed by atoms with Gasteiger partial charge in [-0.25, -0.2) is 9.35 Å². The molecule has 0 aliphatic heterocycles.